The molecule has 0 bridgehead atoms. The maximum absolute atomic E-state index is 14.1. The topological polar surface area (TPSA) is 20.3 Å². The van der Waals surface area contributed by atoms with E-state index in [4.69, 9.17) is 0 Å². The largest absolute Gasteiger partial charge is 0.339 e. The van der Waals surface area contributed by atoms with Crippen LogP contribution in [-0.2, 0) is 0 Å². The van der Waals surface area contributed by atoms with Crippen molar-refractivity contribution in [2.24, 2.45) is 5.41 Å². The number of amides is 1. The molecule has 1 saturated carbocycles. The van der Waals surface area contributed by atoms with Crippen LogP contribution in [0.2, 0.25) is 0 Å². The minimum atomic E-state index is -0.444. The normalized spacial score (nSPS) is 21.5. The predicted molar refractivity (Wildman–Crippen MR) is 84.8 cm³/mol. The summed E-state index contributed by atoms with van der Waals surface area (Å²) in [6, 6.07) is 4.92. The maximum atomic E-state index is 14.1. The molecule has 114 valence electrons. The molecule has 21 heavy (non-hydrogen) atoms. The Morgan fingerprint density at radius 1 is 1.10 bits per heavy atom. The van der Waals surface area contributed by atoms with Crippen molar-refractivity contribution in [2.45, 2.75) is 44.9 Å². The zero-order valence-electron chi connectivity index (χ0n) is 12.2. The third-order valence-electron chi connectivity index (χ3n) is 5.21. The summed E-state index contributed by atoms with van der Waals surface area (Å²) in [6.07, 6.45) is 8.78. The van der Waals surface area contributed by atoms with Gasteiger partial charge in [-0.15, -0.1) is 0 Å². The monoisotopic (exact) mass is 353 g/mol. The van der Waals surface area contributed by atoms with Crippen LogP contribution in [0.1, 0.15) is 55.3 Å². The van der Waals surface area contributed by atoms with Crippen LogP contribution in [0, 0.1) is 11.2 Å². The number of rotatable bonds is 1. The molecular weight excluding hydrogens is 333 g/mol. The molecular formula is C17H21BrFNO. The lowest BCUT2D eigenvalue weighted by Crippen LogP contribution is -2.44. The Morgan fingerprint density at radius 2 is 1.76 bits per heavy atom. The molecule has 1 aliphatic heterocycles. The number of carbonyl (C=O) groups excluding carboxylic acids is 1. The summed E-state index contributed by atoms with van der Waals surface area (Å²) in [6.45, 7) is 1.54. The quantitative estimate of drug-likeness (QED) is 0.711. The molecule has 0 unspecified atom stereocenters. The molecule has 1 aliphatic carbocycles. The number of nitrogens with zero attached hydrogens (tertiary/aromatic N) is 1. The van der Waals surface area contributed by atoms with Gasteiger partial charge in [0, 0.05) is 13.1 Å². The fourth-order valence-electron chi connectivity index (χ4n) is 3.83. The van der Waals surface area contributed by atoms with Crippen molar-refractivity contribution >= 4 is 21.8 Å². The molecule has 1 aromatic rings. The van der Waals surface area contributed by atoms with E-state index in [1.165, 1.54) is 32.1 Å². The number of halogens is 2. The van der Waals surface area contributed by atoms with Gasteiger partial charge in [0.2, 0.25) is 0 Å². The minimum absolute atomic E-state index is 0.167. The van der Waals surface area contributed by atoms with E-state index in [1.54, 1.807) is 18.2 Å². The summed E-state index contributed by atoms with van der Waals surface area (Å²) in [5.74, 6) is -0.611. The number of likely N-dealkylation sites (tertiary alicyclic amines) is 1. The van der Waals surface area contributed by atoms with Gasteiger partial charge in [-0.1, -0.05) is 25.3 Å². The fraction of sp³-hybridized carbons (Fsp3) is 0.588. The van der Waals surface area contributed by atoms with Crippen molar-refractivity contribution in [2.75, 3.05) is 13.1 Å². The Kier molecular flexibility index (Phi) is 4.34. The van der Waals surface area contributed by atoms with Crippen LogP contribution in [0.5, 0.6) is 0 Å². The van der Waals surface area contributed by atoms with E-state index in [1.807, 2.05) is 4.90 Å². The van der Waals surface area contributed by atoms with Crippen LogP contribution >= 0.6 is 15.9 Å². The molecule has 1 amide bonds. The van der Waals surface area contributed by atoms with Crippen molar-refractivity contribution in [1.82, 2.24) is 4.90 Å². The van der Waals surface area contributed by atoms with Crippen molar-refractivity contribution in [1.29, 1.82) is 0 Å². The molecule has 0 N–H and O–H groups in total. The van der Waals surface area contributed by atoms with Gasteiger partial charge in [-0.05, 0) is 59.2 Å². The lowest BCUT2D eigenvalue weighted by atomic mass is 9.68. The Morgan fingerprint density at radius 3 is 2.43 bits per heavy atom. The highest BCUT2D eigenvalue weighted by molar-refractivity contribution is 9.10. The van der Waals surface area contributed by atoms with Crippen LogP contribution < -0.4 is 0 Å². The maximum Gasteiger partial charge on any atom is 0.256 e. The van der Waals surface area contributed by atoms with E-state index in [9.17, 15) is 9.18 Å². The van der Waals surface area contributed by atoms with Crippen molar-refractivity contribution < 1.29 is 9.18 Å². The zero-order chi connectivity index (χ0) is 14.9. The molecule has 4 heteroatoms. The second kappa shape index (κ2) is 6.07. The molecule has 1 heterocycles. The van der Waals surface area contributed by atoms with E-state index < -0.39 is 5.82 Å². The average molecular weight is 354 g/mol. The Balaban J connectivity index is 1.69. The lowest BCUT2D eigenvalue weighted by Gasteiger charge is -2.44. The van der Waals surface area contributed by atoms with Crippen LogP contribution in [-0.4, -0.2) is 23.9 Å². The molecule has 1 spiro atoms. The van der Waals surface area contributed by atoms with Crippen molar-refractivity contribution in [3.8, 4) is 0 Å². The lowest BCUT2D eigenvalue weighted by molar-refractivity contribution is 0.0468. The second-order valence-electron chi connectivity index (χ2n) is 6.45. The summed E-state index contributed by atoms with van der Waals surface area (Å²) < 4.78 is 14.4. The summed E-state index contributed by atoms with van der Waals surface area (Å²) in [4.78, 5) is 14.3. The van der Waals surface area contributed by atoms with Gasteiger partial charge in [-0.25, -0.2) is 4.39 Å². The van der Waals surface area contributed by atoms with Crippen LogP contribution in [0.4, 0.5) is 4.39 Å². The van der Waals surface area contributed by atoms with E-state index in [0.29, 0.717) is 9.89 Å². The summed E-state index contributed by atoms with van der Waals surface area (Å²) in [5, 5.41) is 0. The highest BCUT2D eigenvalue weighted by Gasteiger charge is 2.37. The molecule has 1 aromatic carbocycles. The van der Waals surface area contributed by atoms with Gasteiger partial charge in [-0.2, -0.15) is 0 Å². The van der Waals surface area contributed by atoms with Gasteiger partial charge in [-0.3, -0.25) is 4.79 Å². The predicted octanol–water partition coefficient (Wildman–Crippen LogP) is 4.77. The van der Waals surface area contributed by atoms with Gasteiger partial charge in [0.25, 0.3) is 5.91 Å². The number of benzene rings is 1. The molecule has 0 aromatic heterocycles. The smallest absolute Gasteiger partial charge is 0.256 e. The summed E-state index contributed by atoms with van der Waals surface area (Å²) in [7, 11) is 0. The SMILES string of the molecule is O=C(c1cccc(Br)c1F)N1CCC2(CCCCC2)CC1. The van der Waals surface area contributed by atoms with Crippen LogP contribution in [0.15, 0.2) is 22.7 Å². The van der Waals surface area contributed by atoms with Gasteiger partial charge in [0.05, 0.1) is 10.0 Å². The molecule has 0 radical (unpaired) electrons. The van der Waals surface area contributed by atoms with Gasteiger partial charge < -0.3 is 4.90 Å². The van der Waals surface area contributed by atoms with E-state index >= 15 is 0 Å². The van der Waals surface area contributed by atoms with Crippen LogP contribution in [0.3, 0.4) is 0 Å². The zero-order valence-corrected chi connectivity index (χ0v) is 13.8. The first-order valence-electron chi connectivity index (χ1n) is 7.85. The van der Waals surface area contributed by atoms with E-state index in [2.05, 4.69) is 15.9 Å². The number of carbonyl (C=O) groups is 1. The number of piperidine rings is 1. The minimum Gasteiger partial charge on any atom is -0.339 e. The number of hydrogen-bond acceptors (Lipinski definition) is 1. The Hall–Kier alpha value is -0.900. The highest BCUT2D eigenvalue weighted by atomic mass is 79.9. The van der Waals surface area contributed by atoms with Crippen molar-refractivity contribution in [3.05, 3.63) is 34.1 Å². The van der Waals surface area contributed by atoms with Gasteiger partial charge in [0.15, 0.2) is 0 Å². The average Bonchev–Trinajstić information content (AvgIpc) is 2.51. The molecule has 1 saturated heterocycles. The molecule has 2 fully saturated rings. The van der Waals surface area contributed by atoms with Gasteiger partial charge in [0.1, 0.15) is 5.82 Å². The Bertz CT molecular complexity index is 530. The third-order valence-corrected chi connectivity index (χ3v) is 5.82. The molecule has 2 nitrogen and oxygen atoms in total. The van der Waals surface area contributed by atoms with E-state index in [-0.39, 0.29) is 11.5 Å². The van der Waals surface area contributed by atoms with Crippen LogP contribution in [0.25, 0.3) is 0 Å². The highest BCUT2D eigenvalue weighted by Crippen LogP contribution is 2.44. The summed E-state index contributed by atoms with van der Waals surface area (Å²) >= 11 is 3.15. The third kappa shape index (κ3) is 3.01. The molecule has 3 rings (SSSR count). The summed E-state index contributed by atoms with van der Waals surface area (Å²) in [5.41, 5.74) is 0.647. The van der Waals surface area contributed by atoms with E-state index in [0.717, 1.165) is 25.9 Å². The first kappa shape index (κ1) is 15.0. The number of hydrogen-bond donors (Lipinski definition) is 0. The first-order valence-corrected chi connectivity index (χ1v) is 8.64. The standard InChI is InChI=1S/C17H21BrFNO/c18-14-6-4-5-13(15(14)19)16(21)20-11-9-17(10-12-20)7-2-1-3-8-17/h4-6H,1-3,7-12H2. The molecule has 0 atom stereocenters. The Labute approximate surface area is 133 Å². The second-order valence-corrected chi connectivity index (χ2v) is 7.31. The molecule has 2 aliphatic rings. The first-order chi connectivity index (χ1) is 10.1. The van der Waals surface area contributed by atoms with Crippen molar-refractivity contribution in [3.63, 3.8) is 0 Å². The van der Waals surface area contributed by atoms with Gasteiger partial charge >= 0.3 is 0 Å². The fourth-order valence-corrected chi connectivity index (χ4v) is 4.19.